The Kier molecular flexibility index (Phi) is 4.91. The van der Waals surface area contributed by atoms with E-state index in [1.807, 2.05) is 24.5 Å². The quantitative estimate of drug-likeness (QED) is 0.630. The van der Waals surface area contributed by atoms with Crippen molar-refractivity contribution in [3.63, 3.8) is 0 Å². The molecule has 1 heterocycles. The molecule has 0 aliphatic rings. The number of aromatic carboxylic acids is 1. The number of rotatable bonds is 4. The molecule has 0 spiro atoms. The summed E-state index contributed by atoms with van der Waals surface area (Å²) in [6, 6.07) is 12.8. The number of halogens is 2. The van der Waals surface area contributed by atoms with Crippen molar-refractivity contribution in [1.29, 1.82) is 0 Å². The zero-order chi connectivity index (χ0) is 18.8. The highest BCUT2D eigenvalue weighted by Crippen LogP contribution is 2.24. The first-order chi connectivity index (χ1) is 12.4. The zero-order valence-corrected chi connectivity index (χ0v) is 15.0. The smallest absolute Gasteiger partial charge is 0.337 e. The van der Waals surface area contributed by atoms with E-state index in [0.717, 1.165) is 22.6 Å². The van der Waals surface area contributed by atoms with Crippen LogP contribution in [0.25, 0.3) is 5.69 Å². The van der Waals surface area contributed by atoms with Gasteiger partial charge >= 0.3 is 5.97 Å². The van der Waals surface area contributed by atoms with Gasteiger partial charge in [0, 0.05) is 28.9 Å². The Morgan fingerprint density at radius 3 is 2.50 bits per heavy atom. The fraction of sp³-hybridized carbons (Fsp3) is 0.100. The number of aliphatic imine (C=N–C) groups is 1. The van der Waals surface area contributed by atoms with Crippen molar-refractivity contribution in [3.05, 3.63) is 81.9 Å². The van der Waals surface area contributed by atoms with Crippen LogP contribution in [0.15, 0.2) is 53.5 Å². The van der Waals surface area contributed by atoms with Gasteiger partial charge < -0.3 is 9.67 Å². The largest absolute Gasteiger partial charge is 0.478 e. The monoisotopic (exact) mass is 370 g/mol. The molecule has 3 rings (SSSR count). The number of carbonyl (C=O) groups is 1. The second kappa shape index (κ2) is 7.14. The highest BCUT2D eigenvalue weighted by molar-refractivity contribution is 6.33. The number of hydrogen-bond donors (Lipinski definition) is 1. The van der Waals surface area contributed by atoms with Gasteiger partial charge in [-0.1, -0.05) is 11.6 Å². The Labute approximate surface area is 155 Å². The molecular formula is C20H16ClFN2O2. The van der Waals surface area contributed by atoms with E-state index in [4.69, 9.17) is 16.7 Å². The summed E-state index contributed by atoms with van der Waals surface area (Å²) in [6.45, 7) is 3.90. The highest BCUT2D eigenvalue weighted by atomic mass is 35.5. The molecule has 3 aromatic rings. The van der Waals surface area contributed by atoms with Crippen LogP contribution in [0.5, 0.6) is 0 Å². The van der Waals surface area contributed by atoms with Gasteiger partial charge in [-0.25, -0.2) is 9.18 Å². The lowest BCUT2D eigenvalue weighted by atomic mass is 10.2. The lowest BCUT2D eigenvalue weighted by Gasteiger charge is -2.09. The molecule has 0 unspecified atom stereocenters. The number of carboxylic acids is 1. The molecule has 0 aliphatic heterocycles. The Bertz CT molecular complexity index is 1010. The van der Waals surface area contributed by atoms with Crippen LogP contribution in [0.1, 0.15) is 27.3 Å². The van der Waals surface area contributed by atoms with E-state index in [1.165, 1.54) is 24.3 Å². The Hall–Kier alpha value is -2.92. The van der Waals surface area contributed by atoms with Crippen molar-refractivity contribution in [2.24, 2.45) is 4.99 Å². The second-order valence-electron chi connectivity index (χ2n) is 5.87. The molecule has 0 saturated carbocycles. The van der Waals surface area contributed by atoms with Crippen LogP contribution >= 0.6 is 11.6 Å². The van der Waals surface area contributed by atoms with Crippen LogP contribution in [0.4, 0.5) is 10.1 Å². The average Bonchev–Trinajstić information content (AvgIpc) is 2.89. The van der Waals surface area contributed by atoms with E-state index in [0.29, 0.717) is 5.69 Å². The Morgan fingerprint density at radius 1 is 1.15 bits per heavy atom. The predicted molar refractivity (Wildman–Crippen MR) is 101 cm³/mol. The summed E-state index contributed by atoms with van der Waals surface area (Å²) in [6.07, 6.45) is 1.68. The molecule has 1 N–H and O–H groups in total. The van der Waals surface area contributed by atoms with E-state index in [1.54, 1.807) is 24.4 Å². The minimum atomic E-state index is -1.10. The molecule has 26 heavy (non-hydrogen) atoms. The second-order valence-corrected chi connectivity index (χ2v) is 6.27. The average molecular weight is 371 g/mol. The molecule has 4 nitrogen and oxygen atoms in total. The predicted octanol–water partition coefficient (Wildman–Crippen LogP) is 5.34. The highest BCUT2D eigenvalue weighted by Gasteiger charge is 2.11. The topological polar surface area (TPSA) is 54.6 Å². The number of carboxylic acid groups (broad SMARTS) is 1. The maximum absolute atomic E-state index is 13.2. The van der Waals surface area contributed by atoms with Crippen molar-refractivity contribution in [3.8, 4) is 5.69 Å². The third-order valence-electron chi connectivity index (χ3n) is 4.09. The molecule has 0 radical (unpaired) electrons. The van der Waals surface area contributed by atoms with Crippen molar-refractivity contribution < 1.29 is 14.3 Å². The maximum Gasteiger partial charge on any atom is 0.337 e. The van der Waals surface area contributed by atoms with E-state index in [-0.39, 0.29) is 16.4 Å². The van der Waals surface area contributed by atoms with Gasteiger partial charge in [-0.3, -0.25) is 4.99 Å². The van der Waals surface area contributed by atoms with Crippen LogP contribution in [-0.4, -0.2) is 21.9 Å². The van der Waals surface area contributed by atoms with Gasteiger partial charge in [0.15, 0.2) is 0 Å². The molecule has 0 aliphatic carbocycles. The van der Waals surface area contributed by atoms with Crippen molar-refractivity contribution in [2.75, 3.05) is 0 Å². The molecule has 0 fully saturated rings. The summed E-state index contributed by atoms with van der Waals surface area (Å²) in [4.78, 5) is 15.5. The van der Waals surface area contributed by atoms with Gasteiger partial charge in [-0.15, -0.1) is 0 Å². The molecule has 6 heteroatoms. The number of hydrogen-bond acceptors (Lipinski definition) is 2. The van der Waals surface area contributed by atoms with Gasteiger partial charge in [-0.2, -0.15) is 0 Å². The number of aromatic nitrogens is 1. The van der Waals surface area contributed by atoms with Crippen molar-refractivity contribution >= 4 is 29.5 Å². The van der Waals surface area contributed by atoms with Crippen LogP contribution in [0, 0.1) is 19.7 Å². The Balaban J connectivity index is 1.95. The third kappa shape index (κ3) is 3.53. The van der Waals surface area contributed by atoms with E-state index >= 15 is 0 Å². The first-order valence-electron chi connectivity index (χ1n) is 7.88. The first kappa shape index (κ1) is 17.9. The summed E-state index contributed by atoms with van der Waals surface area (Å²) in [7, 11) is 0. The number of aryl methyl sites for hydroxylation is 1. The lowest BCUT2D eigenvalue weighted by Crippen LogP contribution is -1.99. The van der Waals surface area contributed by atoms with E-state index in [2.05, 4.69) is 4.99 Å². The van der Waals surface area contributed by atoms with Crippen LogP contribution in [-0.2, 0) is 0 Å². The van der Waals surface area contributed by atoms with E-state index < -0.39 is 5.97 Å². The van der Waals surface area contributed by atoms with E-state index in [9.17, 15) is 9.18 Å². The van der Waals surface area contributed by atoms with Crippen LogP contribution < -0.4 is 0 Å². The summed E-state index contributed by atoms with van der Waals surface area (Å²) in [5.74, 6) is -1.38. The van der Waals surface area contributed by atoms with Gasteiger partial charge in [0.05, 0.1) is 16.3 Å². The zero-order valence-electron chi connectivity index (χ0n) is 14.2. The standard InChI is InChI=1S/C20H16ClFN2O2/c1-12-9-14(13(2)24(12)17-6-3-15(22)4-7-17)11-23-16-5-8-19(21)18(10-16)20(25)26/h3-11H,1-2H3,(H,25,26). The minimum absolute atomic E-state index is 0.0121. The molecule has 2 aromatic carbocycles. The molecule has 132 valence electrons. The summed E-state index contributed by atoms with van der Waals surface area (Å²) in [5.41, 5.74) is 4.19. The number of benzene rings is 2. The normalized spacial score (nSPS) is 11.2. The minimum Gasteiger partial charge on any atom is -0.478 e. The van der Waals surface area contributed by atoms with Crippen molar-refractivity contribution in [2.45, 2.75) is 13.8 Å². The summed E-state index contributed by atoms with van der Waals surface area (Å²) < 4.78 is 15.2. The van der Waals surface area contributed by atoms with Crippen LogP contribution in [0.3, 0.4) is 0 Å². The van der Waals surface area contributed by atoms with Crippen LogP contribution in [0.2, 0.25) is 5.02 Å². The maximum atomic E-state index is 13.2. The first-order valence-corrected chi connectivity index (χ1v) is 8.26. The molecule has 0 bridgehead atoms. The van der Waals surface area contributed by atoms with Gasteiger partial charge in [0.1, 0.15) is 5.82 Å². The molecule has 0 saturated heterocycles. The summed E-state index contributed by atoms with van der Waals surface area (Å²) in [5, 5.41) is 9.31. The molecule has 0 amide bonds. The molecule has 1 aromatic heterocycles. The fourth-order valence-corrected chi connectivity index (χ4v) is 3.01. The van der Waals surface area contributed by atoms with Gasteiger partial charge in [0.25, 0.3) is 0 Å². The van der Waals surface area contributed by atoms with Gasteiger partial charge in [-0.05, 0) is 62.4 Å². The SMILES string of the molecule is Cc1cc(C=Nc2ccc(Cl)c(C(=O)O)c2)c(C)n1-c1ccc(F)cc1. The third-order valence-corrected chi connectivity index (χ3v) is 4.42. The van der Waals surface area contributed by atoms with Gasteiger partial charge in [0.2, 0.25) is 0 Å². The number of nitrogens with zero attached hydrogens (tertiary/aromatic N) is 2. The fourth-order valence-electron chi connectivity index (χ4n) is 2.81. The lowest BCUT2D eigenvalue weighted by molar-refractivity contribution is 0.0697. The molecule has 0 atom stereocenters. The Morgan fingerprint density at radius 2 is 1.85 bits per heavy atom. The molecular weight excluding hydrogens is 355 g/mol. The summed E-state index contributed by atoms with van der Waals surface area (Å²) >= 11 is 5.87. The van der Waals surface area contributed by atoms with Crippen molar-refractivity contribution in [1.82, 2.24) is 4.57 Å².